The minimum atomic E-state index is 0.447. The molecule has 1 aromatic rings. The van der Waals surface area contributed by atoms with Gasteiger partial charge in [-0.25, -0.2) is 0 Å². The zero-order valence-corrected chi connectivity index (χ0v) is 8.70. The minimum absolute atomic E-state index is 0.447. The second-order valence-electron chi connectivity index (χ2n) is 3.88. The summed E-state index contributed by atoms with van der Waals surface area (Å²) in [5, 5.41) is 3.40. The first-order valence-corrected chi connectivity index (χ1v) is 5.25. The van der Waals surface area contributed by atoms with Crippen molar-refractivity contribution in [2.45, 2.75) is 18.9 Å². The topological polar surface area (TPSA) is 47.3 Å². The van der Waals surface area contributed by atoms with E-state index >= 15 is 0 Å². The molecule has 0 amide bonds. The summed E-state index contributed by atoms with van der Waals surface area (Å²) >= 11 is 0. The smallest absolute Gasteiger partial charge is 0.113 e. The van der Waals surface area contributed by atoms with Crippen LogP contribution in [0, 0.1) is 0 Å². The number of benzene rings is 1. The molecule has 1 heterocycles. The van der Waals surface area contributed by atoms with Crippen LogP contribution in [0.4, 0.5) is 11.4 Å². The molecule has 4 heteroatoms. The lowest BCUT2D eigenvalue weighted by Crippen LogP contribution is -2.28. The van der Waals surface area contributed by atoms with Crippen LogP contribution in [-0.2, 0) is 4.74 Å². The third-order valence-corrected chi connectivity index (χ3v) is 2.66. The molecule has 3 nitrogen and oxygen atoms in total. The van der Waals surface area contributed by atoms with Gasteiger partial charge in [0.2, 0.25) is 0 Å². The van der Waals surface area contributed by atoms with Crippen molar-refractivity contribution in [3.8, 4) is 0 Å². The summed E-state index contributed by atoms with van der Waals surface area (Å²) in [4.78, 5) is 0. The maximum Gasteiger partial charge on any atom is 0.113 e. The zero-order chi connectivity index (χ0) is 10.7. The van der Waals surface area contributed by atoms with E-state index in [0.29, 0.717) is 6.04 Å². The molecule has 0 atom stereocenters. The van der Waals surface area contributed by atoms with Crippen molar-refractivity contribution < 1.29 is 4.74 Å². The Balaban J connectivity index is 2.05. The van der Waals surface area contributed by atoms with Crippen LogP contribution in [0.2, 0.25) is 0 Å². The molecule has 0 saturated carbocycles. The Kier molecular flexibility index (Phi) is 3.16. The van der Waals surface area contributed by atoms with Gasteiger partial charge in [0, 0.05) is 19.3 Å². The van der Waals surface area contributed by atoms with Gasteiger partial charge in [0.1, 0.15) is 7.85 Å². The molecule has 3 N–H and O–H groups in total. The SMILES string of the molecule is [B]c1ccc(N)c(NC2CCOCC2)c1. The maximum atomic E-state index is 5.86. The van der Waals surface area contributed by atoms with Crippen molar-refractivity contribution in [1.29, 1.82) is 0 Å². The first-order valence-electron chi connectivity index (χ1n) is 5.25. The van der Waals surface area contributed by atoms with Crippen molar-refractivity contribution >= 4 is 24.7 Å². The van der Waals surface area contributed by atoms with E-state index in [9.17, 15) is 0 Å². The summed E-state index contributed by atoms with van der Waals surface area (Å²) in [5.74, 6) is 0. The predicted octanol–water partition coefficient (Wildman–Crippen LogP) is 0.653. The fraction of sp³-hybridized carbons (Fsp3) is 0.455. The first-order chi connectivity index (χ1) is 7.25. The lowest BCUT2D eigenvalue weighted by Gasteiger charge is -2.25. The molecule has 78 valence electrons. The highest BCUT2D eigenvalue weighted by Crippen LogP contribution is 2.19. The van der Waals surface area contributed by atoms with Crippen LogP contribution in [0.15, 0.2) is 18.2 Å². The number of rotatable bonds is 2. The second kappa shape index (κ2) is 4.58. The molecule has 1 aliphatic rings. The quantitative estimate of drug-likeness (QED) is 0.546. The highest BCUT2D eigenvalue weighted by Gasteiger charge is 2.14. The standard InChI is InChI=1S/C11H15BN2O/c12-8-1-2-10(13)11(7-8)14-9-3-5-15-6-4-9/h1-2,7,9,14H,3-6,13H2. The third-order valence-electron chi connectivity index (χ3n) is 2.66. The number of ether oxygens (including phenoxy) is 1. The molecule has 0 spiro atoms. The van der Waals surface area contributed by atoms with Crippen molar-refractivity contribution in [2.75, 3.05) is 24.3 Å². The Labute approximate surface area is 91.4 Å². The average molecular weight is 202 g/mol. The van der Waals surface area contributed by atoms with Crippen molar-refractivity contribution in [1.82, 2.24) is 0 Å². The predicted molar refractivity (Wildman–Crippen MR) is 63.7 cm³/mol. The summed E-state index contributed by atoms with van der Waals surface area (Å²) in [7, 11) is 5.71. The number of nitrogens with one attached hydrogen (secondary N) is 1. The molecular formula is C11H15BN2O. The monoisotopic (exact) mass is 202 g/mol. The fourth-order valence-electron chi connectivity index (χ4n) is 1.76. The Morgan fingerprint density at radius 3 is 2.80 bits per heavy atom. The van der Waals surface area contributed by atoms with Gasteiger partial charge >= 0.3 is 0 Å². The zero-order valence-electron chi connectivity index (χ0n) is 8.70. The van der Waals surface area contributed by atoms with Gasteiger partial charge in [-0.2, -0.15) is 0 Å². The highest BCUT2D eigenvalue weighted by molar-refractivity contribution is 6.32. The van der Waals surface area contributed by atoms with Gasteiger partial charge in [0.05, 0.1) is 11.4 Å². The Morgan fingerprint density at radius 1 is 1.33 bits per heavy atom. The Hall–Kier alpha value is -1.16. The molecule has 0 unspecified atom stereocenters. The van der Waals surface area contributed by atoms with E-state index in [2.05, 4.69) is 5.32 Å². The van der Waals surface area contributed by atoms with Crippen molar-refractivity contribution in [2.24, 2.45) is 0 Å². The van der Waals surface area contributed by atoms with E-state index in [1.807, 2.05) is 18.2 Å². The van der Waals surface area contributed by atoms with Gasteiger partial charge in [0.25, 0.3) is 0 Å². The summed E-state index contributed by atoms with van der Waals surface area (Å²) < 4.78 is 5.30. The van der Waals surface area contributed by atoms with Crippen LogP contribution in [-0.4, -0.2) is 27.1 Å². The molecule has 1 saturated heterocycles. The van der Waals surface area contributed by atoms with Crippen LogP contribution in [0.25, 0.3) is 0 Å². The average Bonchev–Trinajstić information content (AvgIpc) is 2.25. The summed E-state index contributed by atoms with van der Waals surface area (Å²) in [6.07, 6.45) is 2.04. The van der Waals surface area contributed by atoms with Gasteiger partial charge in [-0.1, -0.05) is 11.5 Å². The Morgan fingerprint density at radius 2 is 2.07 bits per heavy atom. The Bertz CT molecular complexity index is 337. The first kappa shape index (κ1) is 10.4. The second-order valence-corrected chi connectivity index (χ2v) is 3.88. The lowest BCUT2D eigenvalue weighted by atomic mass is 9.95. The third kappa shape index (κ3) is 2.66. The van der Waals surface area contributed by atoms with E-state index in [-0.39, 0.29) is 0 Å². The molecule has 2 rings (SSSR count). The molecule has 1 fully saturated rings. The van der Waals surface area contributed by atoms with Crippen LogP contribution in [0.5, 0.6) is 0 Å². The van der Waals surface area contributed by atoms with Crippen LogP contribution < -0.4 is 16.5 Å². The van der Waals surface area contributed by atoms with Crippen molar-refractivity contribution in [3.05, 3.63) is 18.2 Å². The molecule has 1 aromatic carbocycles. The molecular weight excluding hydrogens is 187 g/mol. The summed E-state index contributed by atoms with van der Waals surface area (Å²) in [6, 6.07) is 5.97. The fourth-order valence-corrected chi connectivity index (χ4v) is 1.76. The maximum absolute atomic E-state index is 5.86. The van der Waals surface area contributed by atoms with E-state index in [1.54, 1.807) is 0 Å². The molecule has 15 heavy (non-hydrogen) atoms. The van der Waals surface area contributed by atoms with Gasteiger partial charge in [-0.3, -0.25) is 0 Å². The van der Waals surface area contributed by atoms with Crippen LogP contribution in [0.1, 0.15) is 12.8 Å². The molecule has 1 aliphatic heterocycles. The van der Waals surface area contributed by atoms with Gasteiger partial charge in [-0.15, -0.1) is 0 Å². The largest absolute Gasteiger partial charge is 0.397 e. The van der Waals surface area contributed by atoms with E-state index in [4.69, 9.17) is 18.3 Å². The lowest BCUT2D eigenvalue weighted by molar-refractivity contribution is 0.0904. The van der Waals surface area contributed by atoms with Crippen LogP contribution >= 0.6 is 0 Å². The molecule has 0 bridgehead atoms. The normalized spacial score (nSPS) is 17.6. The van der Waals surface area contributed by atoms with Crippen molar-refractivity contribution in [3.63, 3.8) is 0 Å². The number of hydrogen-bond acceptors (Lipinski definition) is 3. The number of nitrogen functional groups attached to an aromatic ring is 1. The summed E-state index contributed by atoms with van der Waals surface area (Å²) in [5.41, 5.74) is 8.27. The van der Waals surface area contributed by atoms with E-state index in [1.165, 1.54) is 0 Å². The number of hydrogen-bond donors (Lipinski definition) is 2. The number of nitrogens with two attached hydrogens (primary N) is 1. The molecule has 2 radical (unpaired) electrons. The van der Waals surface area contributed by atoms with Gasteiger partial charge < -0.3 is 15.8 Å². The van der Waals surface area contributed by atoms with E-state index < -0.39 is 0 Å². The van der Waals surface area contributed by atoms with Gasteiger partial charge in [0.15, 0.2) is 0 Å². The molecule has 0 aromatic heterocycles. The van der Waals surface area contributed by atoms with E-state index in [0.717, 1.165) is 42.9 Å². The van der Waals surface area contributed by atoms with Gasteiger partial charge in [-0.05, 0) is 25.0 Å². The number of anilines is 2. The summed E-state index contributed by atoms with van der Waals surface area (Å²) in [6.45, 7) is 1.64. The molecule has 0 aliphatic carbocycles. The van der Waals surface area contributed by atoms with Crippen LogP contribution in [0.3, 0.4) is 0 Å². The highest BCUT2D eigenvalue weighted by atomic mass is 16.5. The minimum Gasteiger partial charge on any atom is -0.397 e.